The minimum atomic E-state index is -0.279. The molecule has 0 saturated heterocycles. The molecule has 1 unspecified atom stereocenters. The number of ether oxygens (including phenoxy) is 1. The Morgan fingerprint density at radius 3 is 2.31 bits per heavy atom. The molecule has 0 bridgehead atoms. The summed E-state index contributed by atoms with van der Waals surface area (Å²) in [5.74, 6) is 0.948. The fourth-order valence-electron chi connectivity index (χ4n) is 3.62. The van der Waals surface area contributed by atoms with Crippen LogP contribution in [0.3, 0.4) is 0 Å². The summed E-state index contributed by atoms with van der Waals surface area (Å²) >= 11 is 1.63. The van der Waals surface area contributed by atoms with E-state index in [1.165, 1.54) is 0 Å². The molecule has 35 heavy (non-hydrogen) atoms. The maximum Gasteiger partial charge on any atom is 0.322 e. The Bertz CT molecular complexity index is 1040. The molecule has 6 nitrogen and oxygen atoms in total. The molecule has 3 amide bonds. The monoisotopic (exact) mass is 493 g/mol. The van der Waals surface area contributed by atoms with E-state index in [9.17, 15) is 9.59 Å². The van der Waals surface area contributed by atoms with E-state index in [1.54, 1.807) is 16.2 Å². The second kappa shape index (κ2) is 13.5. The Labute approximate surface area is 212 Å². The molecule has 1 heterocycles. The summed E-state index contributed by atoms with van der Waals surface area (Å²) in [5.41, 5.74) is 1.73. The lowest BCUT2D eigenvalue weighted by Gasteiger charge is -2.29. The van der Waals surface area contributed by atoms with Crippen molar-refractivity contribution in [2.45, 2.75) is 40.3 Å². The van der Waals surface area contributed by atoms with Gasteiger partial charge in [-0.1, -0.05) is 56.7 Å². The summed E-state index contributed by atoms with van der Waals surface area (Å²) in [6.45, 7) is 8.23. The highest BCUT2D eigenvalue weighted by Crippen LogP contribution is 2.18. The van der Waals surface area contributed by atoms with Crippen molar-refractivity contribution in [2.75, 3.05) is 25.0 Å². The van der Waals surface area contributed by atoms with Gasteiger partial charge in [0.2, 0.25) is 5.91 Å². The summed E-state index contributed by atoms with van der Waals surface area (Å²) in [6, 6.07) is 21.0. The molecule has 7 heteroatoms. The van der Waals surface area contributed by atoms with E-state index in [0.717, 1.165) is 22.6 Å². The van der Waals surface area contributed by atoms with E-state index >= 15 is 0 Å². The van der Waals surface area contributed by atoms with Gasteiger partial charge in [-0.05, 0) is 54.1 Å². The Hall–Kier alpha value is -3.32. The first-order valence-corrected chi connectivity index (χ1v) is 13.0. The predicted octanol–water partition coefficient (Wildman–Crippen LogP) is 6.26. The number of rotatable bonds is 12. The quantitative estimate of drug-likeness (QED) is 0.324. The zero-order valence-electron chi connectivity index (χ0n) is 20.8. The van der Waals surface area contributed by atoms with Crippen LogP contribution in [0.2, 0.25) is 0 Å². The number of nitrogens with one attached hydrogen (secondary N) is 1. The van der Waals surface area contributed by atoms with Gasteiger partial charge in [-0.25, -0.2) is 4.79 Å². The van der Waals surface area contributed by atoms with Gasteiger partial charge in [0.1, 0.15) is 12.3 Å². The zero-order chi connectivity index (χ0) is 25.0. The van der Waals surface area contributed by atoms with Gasteiger partial charge in [0.15, 0.2) is 0 Å². The van der Waals surface area contributed by atoms with Gasteiger partial charge in [0.05, 0.1) is 13.2 Å². The molecule has 0 aliphatic carbocycles. The molecule has 0 aliphatic heterocycles. The highest BCUT2D eigenvalue weighted by atomic mass is 32.1. The van der Waals surface area contributed by atoms with Crippen LogP contribution in [0.25, 0.3) is 0 Å². The SMILES string of the molecule is CCOc1ccc(NC(=O)N(CC(=O)N(Cc2ccccc2)Cc2cccs2)CC(C)CC)cc1. The largest absolute Gasteiger partial charge is 0.494 e. The second-order valence-corrected chi connectivity index (χ2v) is 9.63. The van der Waals surface area contributed by atoms with Crippen molar-refractivity contribution in [3.8, 4) is 5.75 Å². The lowest BCUT2D eigenvalue weighted by molar-refractivity contribution is -0.133. The van der Waals surface area contributed by atoms with Gasteiger partial charge in [0, 0.05) is 23.7 Å². The van der Waals surface area contributed by atoms with Gasteiger partial charge in [-0.2, -0.15) is 0 Å². The van der Waals surface area contributed by atoms with Gasteiger partial charge in [-0.15, -0.1) is 11.3 Å². The molecule has 0 aliphatic rings. The number of amides is 3. The third kappa shape index (κ3) is 8.44. The van der Waals surface area contributed by atoms with Crippen LogP contribution in [-0.4, -0.2) is 41.4 Å². The Morgan fingerprint density at radius 2 is 1.69 bits per heavy atom. The van der Waals surface area contributed by atoms with E-state index < -0.39 is 0 Å². The van der Waals surface area contributed by atoms with E-state index in [4.69, 9.17) is 4.74 Å². The van der Waals surface area contributed by atoms with Crippen molar-refractivity contribution >= 4 is 29.0 Å². The van der Waals surface area contributed by atoms with Crippen LogP contribution < -0.4 is 10.1 Å². The Kier molecular flexibility index (Phi) is 10.2. The maximum atomic E-state index is 13.5. The summed E-state index contributed by atoms with van der Waals surface area (Å²) in [4.78, 5) is 31.3. The highest BCUT2D eigenvalue weighted by Gasteiger charge is 2.23. The number of anilines is 1. The number of nitrogens with zero attached hydrogens (tertiary/aromatic N) is 2. The Morgan fingerprint density at radius 1 is 0.943 bits per heavy atom. The van der Waals surface area contributed by atoms with Crippen molar-refractivity contribution < 1.29 is 14.3 Å². The fraction of sp³-hybridized carbons (Fsp3) is 0.357. The molecule has 0 spiro atoms. The molecule has 0 saturated carbocycles. The summed E-state index contributed by atoms with van der Waals surface area (Å²) in [5, 5.41) is 4.96. The molecule has 0 radical (unpaired) electrons. The van der Waals surface area contributed by atoms with Crippen molar-refractivity contribution in [3.63, 3.8) is 0 Å². The Balaban J connectivity index is 1.74. The summed E-state index contributed by atoms with van der Waals surface area (Å²) in [6.07, 6.45) is 0.921. The van der Waals surface area contributed by atoms with Gasteiger partial charge >= 0.3 is 6.03 Å². The number of urea groups is 1. The molecule has 1 N–H and O–H groups in total. The number of benzene rings is 2. The molecule has 0 fully saturated rings. The zero-order valence-corrected chi connectivity index (χ0v) is 21.6. The average Bonchev–Trinajstić information content (AvgIpc) is 3.38. The standard InChI is InChI=1S/C28H35N3O3S/c1-4-22(3)18-31(28(33)29-24-13-15-25(16-14-24)34-5-2)21-27(32)30(20-26-12-9-17-35-26)19-23-10-7-6-8-11-23/h6-17,22H,4-5,18-21H2,1-3H3,(H,29,33). The van der Waals surface area contributed by atoms with Crippen molar-refractivity contribution in [1.29, 1.82) is 0 Å². The van der Waals surface area contributed by atoms with Gasteiger partial charge in [-0.3, -0.25) is 4.79 Å². The first kappa shape index (κ1) is 26.3. The molecule has 1 atom stereocenters. The van der Waals surface area contributed by atoms with Gasteiger partial charge < -0.3 is 19.9 Å². The first-order chi connectivity index (χ1) is 17.0. The minimum Gasteiger partial charge on any atom is -0.494 e. The van der Waals surface area contributed by atoms with E-state index in [0.29, 0.717) is 31.9 Å². The van der Waals surface area contributed by atoms with Crippen LogP contribution >= 0.6 is 11.3 Å². The number of thiophene rings is 1. The summed E-state index contributed by atoms with van der Waals surface area (Å²) < 4.78 is 5.48. The van der Waals surface area contributed by atoms with Crippen LogP contribution in [0.4, 0.5) is 10.5 Å². The number of carbonyl (C=O) groups excluding carboxylic acids is 2. The average molecular weight is 494 g/mol. The van der Waals surface area contributed by atoms with E-state index in [2.05, 4.69) is 19.2 Å². The molecular weight excluding hydrogens is 458 g/mol. The van der Waals surface area contributed by atoms with Crippen molar-refractivity contribution in [2.24, 2.45) is 5.92 Å². The molecule has 1 aromatic heterocycles. The third-order valence-corrected chi connectivity index (χ3v) is 6.62. The van der Waals surface area contributed by atoms with Gasteiger partial charge in [0.25, 0.3) is 0 Å². The van der Waals surface area contributed by atoms with Crippen molar-refractivity contribution in [1.82, 2.24) is 9.80 Å². The van der Waals surface area contributed by atoms with Crippen LogP contribution in [0.1, 0.15) is 37.6 Å². The molecule has 2 aromatic carbocycles. The third-order valence-electron chi connectivity index (χ3n) is 5.75. The second-order valence-electron chi connectivity index (χ2n) is 8.60. The number of hydrogen-bond acceptors (Lipinski definition) is 4. The predicted molar refractivity (Wildman–Crippen MR) is 143 cm³/mol. The van der Waals surface area contributed by atoms with Crippen molar-refractivity contribution in [3.05, 3.63) is 82.6 Å². The lowest BCUT2D eigenvalue weighted by atomic mass is 10.1. The normalized spacial score (nSPS) is 11.5. The topological polar surface area (TPSA) is 61.9 Å². The lowest BCUT2D eigenvalue weighted by Crippen LogP contribution is -2.45. The number of carbonyl (C=O) groups is 2. The molecular formula is C28H35N3O3S. The van der Waals surface area contributed by atoms with Crippen LogP contribution in [-0.2, 0) is 17.9 Å². The van der Waals surface area contributed by atoms with Crippen LogP contribution in [0.15, 0.2) is 72.1 Å². The van der Waals surface area contributed by atoms with E-state index in [1.807, 2.05) is 83.9 Å². The summed E-state index contributed by atoms with van der Waals surface area (Å²) in [7, 11) is 0. The maximum absolute atomic E-state index is 13.5. The smallest absolute Gasteiger partial charge is 0.322 e. The van der Waals surface area contributed by atoms with E-state index in [-0.39, 0.29) is 24.4 Å². The van der Waals surface area contributed by atoms with Crippen LogP contribution in [0, 0.1) is 5.92 Å². The highest BCUT2D eigenvalue weighted by molar-refractivity contribution is 7.09. The van der Waals surface area contributed by atoms with Crippen LogP contribution in [0.5, 0.6) is 5.75 Å². The molecule has 3 rings (SSSR count). The fourth-order valence-corrected chi connectivity index (χ4v) is 4.34. The first-order valence-electron chi connectivity index (χ1n) is 12.1. The number of hydrogen-bond donors (Lipinski definition) is 1. The minimum absolute atomic E-state index is 0.0193. The molecule has 3 aromatic rings. The molecule has 186 valence electrons.